The van der Waals surface area contributed by atoms with Crippen LogP contribution in [0.1, 0.15) is 6.92 Å². The molecule has 0 aliphatic heterocycles. The van der Waals surface area contributed by atoms with Crippen LogP contribution in [-0.2, 0) is 4.79 Å². The highest BCUT2D eigenvalue weighted by Gasteiger charge is 1.81. The minimum Gasteiger partial charge on any atom is -0.299 e. The summed E-state index contributed by atoms with van der Waals surface area (Å²) < 4.78 is 0. The summed E-state index contributed by atoms with van der Waals surface area (Å²) in [4.78, 5) is 9.56. The van der Waals surface area contributed by atoms with Crippen molar-refractivity contribution >= 4 is 17.9 Å². The molecule has 40 valence electrons. The summed E-state index contributed by atoms with van der Waals surface area (Å²) in [7, 11) is 0. The molecule has 0 aliphatic carbocycles. The van der Waals surface area contributed by atoms with Crippen LogP contribution in [0.15, 0.2) is 12.2 Å². The van der Waals surface area contributed by atoms with Crippen molar-refractivity contribution in [3.8, 4) is 0 Å². The normalized spacial score (nSPS) is 14.6. The monoisotopic (exact) mass is 118 g/mol. The third-order valence-electron chi connectivity index (χ3n) is 0.455. The van der Waals surface area contributed by atoms with Crippen molar-refractivity contribution in [3.05, 3.63) is 12.2 Å². The number of carbonyl (C=O) groups is 1. The maximum absolute atomic E-state index is 9.56. The molecule has 0 aromatic heterocycles. The number of halogens is 1. The molecule has 0 aromatic carbocycles. The van der Waals surface area contributed by atoms with Gasteiger partial charge in [-0.25, -0.2) is 0 Å². The molecule has 0 spiro atoms. The van der Waals surface area contributed by atoms with Crippen molar-refractivity contribution in [2.24, 2.45) is 0 Å². The Balaban J connectivity index is 3.25. The zero-order valence-electron chi connectivity index (χ0n) is 4.10. The summed E-state index contributed by atoms with van der Waals surface area (Å²) in [5, 5.41) is -0.0369. The number of carbonyl (C=O) groups excluding carboxylic acids is 1. The molecular weight excluding hydrogens is 112 g/mol. The van der Waals surface area contributed by atoms with Crippen LogP contribution in [0.2, 0.25) is 0 Å². The molecule has 0 amide bonds. The summed E-state index contributed by atoms with van der Waals surface area (Å²) in [5.74, 6) is 0. The first kappa shape index (κ1) is 6.70. The zero-order valence-corrected chi connectivity index (χ0v) is 4.85. The Morgan fingerprint density at radius 2 is 2.29 bits per heavy atom. The second-order valence-corrected chi connectivity index (χ2v) is 1.89. The van der Waals surface area contributed by atoms with Gasteiger partial charge < -0.3 is 0 Å². The maximum atomic E-state index is 9.56. The zero-order chi connectivity index (χ0) is 5.70. The summed E-state index contributed by atoms with van der Waals surface area (Å²) >= 11 is 5.41. The highest BCUT2D eigenvalue weighted by atomic mass is 35.5. The van der Waals surface area contributed by atoms with Crippen molar-refractivity contribution in [2.75, 3.05) is 0 Å². The van der Waals surface area contributed by atoms with Crippen molar-refractivity contribution in [1.82, 2.24) is 0 Å². The SMILES string of the molecule is CC(Cl)/C=C/C=O. The molecule has 0 aromatic rings. The van der Waals surface area contributed by atoms with E-state index >= 15 is 0 Å². The van der Waals surface area contributed by atoms with Gasteiger partial charge in [0.25, 0.3) is 0 Å². The lowest BCUT2D eigenvalue weighted by Crippen LogP contribution is -1.79. The first-order valence-electron chi connectivity index (χ1n) is 2.03. The highest BCUT2D eigenvalue weighted by molar-refractivity contribution is 6.21. The van der Waals surface area contributed by atoms with E-state index in [1.165, 1.54) is 6.08 Å². The molecule has 0 saturated carbocycles. The van der Waals surface area contributed by atoms with Gasteiger partial charge in [0, 0.05) is 5.38 Å². The molecule has 0 aliphatic rings. The Labute approximate surface area is 48.0 Å². The van der Waals surface area contributed by atoms with Crippen molar-refractivity contribution in [3.63, 3.8) is 0 Å². The lowest BCUT2D eigenvalue weighted by molar-refractivity contribution is -0.104. The van der Waals surface area contributed by atoms with Crippen LogP contribution in [0, 0.1) is 0 Å². The fourth-order valence-corrected chi connectivity index (χ4v) is 0.282. The molecule has 0 heterocycles. The smallest absolute Gasteiger partial charge is 0.142 e. The van der Waals surface area contributed by atoms with Crippen LogP contribution < -0.4 is 0 Å². The van der Waals surface area contributed by atoms with E-state index in [2.05, 4.69) is 0 Å². The van der Waals surface area contributed by atoms with Gasteiger partial charge in [0.1, 0.15) is 6.29 Å². The fourth-order valence-electron chi connectivity index (χ4n) is 0.198. The largest absolute Gasteiger partial charge is 0.299 e. The number of alkyl halides is 1. The number of hydrogen-bond acceptors (Lipinski definition) is 1. The first-order valence-corrected chi connectivity index (χ1v) is 2.47. The van der Waals surface area contributed by atoms with Crippen LogP contribution in [-0.4, -0.2) is 11.7 Å². The summed E-state index contributed by atoms with van der Waals surface area (Å²) in [6.45, 7) is 1.79. The molecule has 0 saturated heterocycles. The van der Waals surface area contributed by atoms with Crippen LogP contribution in [0.4, 0.5) is 0 Å². The van der Waals surface area contributed by atoms with Crippen LogP contribution in [0.3, 0.4) is 0 Å². The molecule has 2 heteroatoms. The Kier molecular flexibility index (Phi) is 3.71. The molecule has 0 rings (SSSR count). The third-order valence-corrected chi connectivity index (χ3v) is 0.600. The number of hydrogen-bond donors (Lipinski definition) is 0. The maximum Gasteiger partial charge on any atom is 0.142 e. The standard InChI is InChI=1S/C5H7ClO/c1-5(6)3-2-4-7/h2-5H,1H3/b3-2+. The van der Waals surface area contributed by atoms with Gasteiger partial charge in [-0.1, -0.05) is 6.08 Å². The van der Waals surface area contributed by atoms with E-state index in [1.807, 2.05) is 0 Å². The minimum absolute atomic E-state index is 0.0369. The molecule has 0 fully saturated rings. The van der Waals surface area contributed by atoms with Crippen molar-refractivity contribution in [2.45, 2.75) is 12.3 Å². The average Bonchev–Trinajstić information content (AvgIpc) is 1.61. The van der Waals surface area contributed by atoms with Gasteiger partial charge >= 0.3 is 0 Å². The van der Waals surface area contributed by atoms with Crippen LogP contribution in [0.5, 0.6) is 0 Å². The third kappa shape index (κ3) is 5.70. The molecule has 0 bridgehead atoms. The van der Waals surface area contributed by atoms with E-state index < -0.39 is 0 Å². The summed E-state index contributed by atoms with van der Waals surface area (Å²) in [6, 6.07) is 0. The predicted molar refractivity (Wildman–Crippen MR) is 30.5 cm³/mol. The number of rotatable bonds is 2. The average molecular weight is 119 g/mol. The molecule has 1 atom stereocenters. The van der Waals surface area contributed by atoms with Gasteiger partial charge in [0.15, 0.2) is 0 Å². The second kappa shape index (κ2) is 3.88. The van der Waals surface area contributed by atoms with Gasteiger partial charge in [-0.05, 0) is 13.0 Å². The first-order chi connectivity index (χ1) is 3.27. The minimum atomic E-state index is -0.0369. The van der Waals surface area contributed by atoms with E-state index in [9.17, 15) is 4.79 Å². The Morgan fingerprint density at radius 3 is 2.43 bits per heavy atom. The van der Waals surface area contributed by atoms with Gasteiger partial charge in [-0.15, -0.1) is 11.6 Å². The predicted octanol–water partition coefficient (Wildman–Crippen LogP) is 1.37. The summed E-state index contributed by atoms with van der Waals surface area (Å²) in [6.07, 6.45) is 3.71. The number of allylic oxidation sites excluding steroid dienone is 2. The van der Waals surface area contributed by atoms with E-state index in [-0.39, 0.29) is 5.38 Å². The quantitative estimate of drug-likeness (QED) is 0.304. The number of aldehydes is 1. The Hall–Kier alpha value is -0.300. The van der Waals surface area contributed by atoms with E-state index in [4.69, 9.17) is 11.6 Å². The van der Waals surface area contributed by atoms with Gasteiger partial charge in [0.2, 0.25) is 0 Å². The van der Waals surface area contributed by atoms with Gasteiger partial charge in [0.05, 0.1) is 0 Å². The topological polar surface area (TPSA) is 17.1 Å². The van der Waals surface area contributed by atoms with Gasteiger partial charge in [-0.3, -0.25) is 4.79 Å². The fraction of sp³-hybridized carbons (Fsp3) is 0.400. The van der Waals surface area contributed by atoms with Crippen LogP contribution >= 0.6 is 11.6 Å². The molecule has 7 heavy (non-hydrogen) atoms. The van der Waals surface area contributed by atoms with Crippen molar-refractivity contribution in [1.29, 1.82) is 0 Å². The van der Waals surface area contributed by atoms with E-state index in [0.717, 1.165) is 0 Å². The Morgan fingerprint density at radius 1 is 1.71 bits per heavy atom. The molecular formula is C5H7ClO. The second-order valence-electron chi connectivity index (χ2n) is 1.20. The molecule has 1 nitrogen and oxygen atoms in total. The lowest BCUT2D eigenvalue weighted by atomic mass is 10.4. The van der Waals surface area contributed by atoms with Gasteiger partial charge in [-0.2, -0.15) is 0 Å². The Bertz CT molecular complexity index is 76.1. The molecule has 1 unspecified atom stereocenters. The van der Waals surface area contributed by atoms with Crippen LogP contribution in [0.25, 0.3) is 0 Å². The van der Waals surface area contributed by atoms with Crippen molar-refractivity contribution < 1.29 is 4.79 Å². The van der Waals surface area contributed by atoms with E-state index in [1.54, 1.807) is 13.0 Å². The highest BCUT2D eigenvalue weighted by Crippen LogP contribution is 1.92. The lowest BCUT2D eigenvalue weighted by Gasteiger charge is -1.83. The molecule has 0 radical (unpaired) electrons. The summed E-state index contributed by atoms with van der Waals surface area (Å²) in [5.41, 5.74) is 0. The molecule has 0 N–H and O–H groups in total. The van der Waals surface area contributed by atoms with E-state index in [0.29, 0.717) is 6.29 Å².